The molecule has 1 aromatic heterocycles. The van der Waals surface area contributed by atoms with Crippen LogP contribution in [0.4, 0.5) is 0 Å². The molecule has 0 bridgehead atoms. The minimum Gasteiger partial charge on any atom is -0.324 e. The molecule has 0 fully saturated rings. The Morgan fingerprint density at radius 2 is 2.07 bits per heavy atom. The van der Waals surface area contributed by atoms with E-state index in [0.717, 1.165) is 6.42 Å². The molecule has 1 atom stereocenters. The maximum atomic E-state index is 6.22. The zero-order valence-electron chi connectivity index (χ0n) is 9.54. The molecule has 0 aliphatic carbocycles. The van der Waals surface area contributed by atoms with Crippen LogP contribution >= 0.6 is 0 Å². The first-order valence-corrected chi connectivity index (χ1v) is 5.15. The minimum absolute atomic E-state index is 0.0837. The van der Waals surface area contributed by atoms with E-state index in [1.54, 1.807) is 0 Å². The summed E-state index contributed by atoms with van der Waals surface area (Å²) >= 11 is 0. The fourth-order valence-corrected chi connectivity index (χ4v) is 1.50. The maximum Gasteiger partial charge on any atom is 0.0347 e. The second-order valence-corrected chi connectivity index (χ2v) is 4.77. The second-order valence-electron chi connectivity index (χ2n) is 4.77. The molecule has 0 aliphatic rings. The van der Waals surface area contributed by atoms with Crippen LogP contribution in [0.5, 0.6) is 0 Å². The standard InChI is InChI=1S/C12H20N2/c1-5-9-8-14-7-6-10(9)11(13)12(2,3)4/h6-8,11H,5,13H2,1-4H3. The summed E-state index contributed by atoms with van der Waals surface area (Å²) in [7, 11) is 0. The smallest absolute Gasteiger partial charge is 0.0347 e. The Labute approximate surface area is 86.5 Å². The van der Waals surface area contributed by atoms with Gasteiger partial charge in [-0.05, 0) is 29.0 Å². The lowest BCUT2D eigenvalue weighted by Crippen LogP contribution is -2.27. The van der Waals surface area contributed by atoms with Crippen LogP contribution in [-0.2, 0) is 6.42 Å². The summed E-state index contributed by atoms with van der Waals surface area (Å²) < 4.78 is 0. The third-order valence-corrected chi connectivity index (χ3v) is 2.59. The first kappa shape index (κ1) is 11.2. The van der Waals surface area contributed by atoms with Crippen molar-refractivity contribution < 1.29 is 0 Å². The van der Waals surface area contributed by atoms with Crippen molar-refractivity contribution in [1.82, 2.24) is 4.98 Å². The van der Waals surface area contributed by atoms with E-state index in [9.17, 15) is 0 Å². The van der Waals surface area contributed by atoms with Crippen LogP contribution in [0.15, 0.2) is 18.5 Å². The van der Waals surface area contributed by atoms with Crippen molar-refractivity contribution in [3.63, 3.8) is 0 Å². The number of rotatable bonds is 2. The van der Waals surface area contributed by atoms with Gasteiger partial charge in [-0.25, -0.2) is 0 Å². The summed E-state index contributed by atoms with van der Waals surface area (Å²) in [4.78, 5) is 4.13. The largest absolute Gasteiger partial charge is 0.324 e. The molecule has 0 spiro atoms. The number of aryl methyl sites for hydroxylation is 1. The predicted octanol–water partition coefficient (Wildman–Crippen LogP) is 2.69. The van der Waals surface area contributed by atoms with Crippen LogP contribution in [0.2, 0.25) is 0 Å². The third-order valence-electron chi connectivity index (χ3n) is 2.59. The highest BCUT2D eigenvalue weighted by atomic mass is 14.7. The number of hydrogen-bond donors (Lipinski definition) is 1. The Bertz CT molecular complexity index is 299. The molecule has 1 aromatic rings. The fraction of sp³-hybridized carbons (Fsp3) is 0.583. The van der Waals surface area contributed by atoms with E-state index in [1.165, 1.54) is 11.1 Å². The first-order valence-electron chi connectivity index (χ1n) is 5.15. The van der Waals surface area contributed by atoms with Gasteiger partial charge >= 0.3 is 0 Å². The van der Waals surface area contributed by atoms with Crippen molar-refractivity contribution in [2.24, 2.45) is 11.1 Å². The van der Waals surface area contributed by atoms with Crippen molar-refractivity contribution >= 4 is 0 Å². The molecular weight excluding hydrogens is 172 g/mol. The summed E-state index contributed by atoms with van der Waals surface area (Å²) in [6.07, 6.45) is 4.73. The summed E-state index contributed by atoms with van der Waals surface area (Å²) in [5.74, 6) is 0. The average Bonchev–Trinajstić information content (AvgIpc) is 2.15. The van der Waals surface area contributed by atoms with E-state index in [2.05, 4.69) is 32.7 Å². The molecule has 0 saturated heterocycles. The Morgan fingerprint density at radius 1 is 1.43 bits per heavy atom. The van der Waals surface area contributed by atoms with Crippen LogP contribution in [0.1, 0.15) is 44.9 Å². The van der Waals surface area contributed by atoms with Crippen molar-refractivity contribution in [3.05, 3.63) is 29.6 Å². The molecule has 2 N–H and O–H groups in total. The SMILES string of the molecule is CCc1cnccc1C(N)C(C)(C)C. The second kappa shape index (κ2) is 4.09. The van der Waals surface area contributed by atoms with Crippen molar-refractivity contribution in [1.29, 1.82) is 0 Å². The Balaban J connectivity index is 3.06. The van der Waals surface area contributed by atoms with Gasteiger partial charge < -0.3 is 5.73 Å². The lowest BCUT2D eigenvalue weighted by molar-refractivity contribution is 0.325. The van der Waals surface area contributed by atoms with E-state index in [-0.39, 0.29) is 11.5 Å². The van der Waals surface area contributed by atoms with Crippen LogP contribution < -0.4 is 5.73 Å². The van der Waals surface area contributed by atoms with Gasteiger partial charge in [0.1, 0.15) is 0 Å². The number of hydrogen-bond acceptors (Lipinski definition) is 2. The Hall–Kier alpha value is -0.890. The van der Waals surface area contributed by atoms with Gasteiger partial charge in [0.15, 0.2) is 0 Å². The van der Waals surface area contributed by atoms with Crippen molar-refractivity contribution in [2.75, 3.05) is 0 Å². The molecular formula is C12H20N2. The molecule has 2 heteroatoms. The topological polar surface area (TPSA) is 38.9 Å². The fourth-order valence-electron chi connectivity index (χ4n) is 1.50. The Kier molecular flexibility index (Phi) is 3.27. The monoisotopic (exact) mass is 192 g/mol. The highest BCUT2D eigenvalue weighted by Gasteiger charge is 2.23. The summed E-state index contributed by atoms with van der Waals surface area (Å²) in [6, 6.07) is 2.12. The van der Waals surface area contributed by atoms with Gasteiger partial charge in [-0.3, -0.25) is 4.98 Å². The summed E-state index contributed by atoms with van der Waals surface area (Å²) in [6.45, 7) is 8.63. The van der Waals surface area contributed by atoms with Gasteiger partial charge in [0.05, 0.1) is 0 Å². The van der Waals surface area contributed by atoms with E-state index in [0.29, 0.717) is 0 Å². The Morgan fingerprint density at radius 3 is 2.57 bits per heavy atom. The highest BCUT2D eigenvalue weighted by Crippen LogP contribution is 2.31. The van der Waals surface area contributed by atoms with Crippen LogP contribution in [-0.4, -0.2) is 4.98 Å². The van der Waals surface area contributed by atoms with Crippen LogP contribution in [0, 0.1) is 5.41 Å². The number of pyridine rings is 1. The lowest BCUT2D eigenvalue weighted by Gasteiger charge is -2.28. The zero-order chi connectivity index (χ0) is 10.8. The molecule has 78 valence electrons. The van der Waals surface area contributed by atoms with Gasteiger partial charge in [0.2, 0.25) is 0 Å². The summed E-state index contributed by atoms with van der Waals surface area (Å²) in [5.41, 5.74) is 8.81. The molecule has 1 rings (SSSR count). The van der Waals surface area contributed by atoms with Crippen LogP contribution in [0.25, 0.3) is 0 Å². The molecule has 0 saturated carbocycles. The lowest BCUT2D eigenvalue weighted by atomic mass is 9.81. The minimum atomic E-state index is 0.0837. The van der Waals surface area contributed by atoms with Gasteiger partial charge in [-0.2, -0.15) is 0 Å². The zero-order valence-corrected chi connectivity index (χ0v) is 9.54. The first-order chi connectivity index (χ1) is 6.46. The number of nitrogens with two attached hydrogens (primary N) is 1. The molecule has 14 heavy (non-hydrogen) atoms. The van der Waals surface area contributed by atoms with E-state index < -0.39 is 0 Å². The van der Waals surface area contributed by atoms with E-state index in [4.69, 9.17) is 5.73 Å². The maximum absolute atomic E-state index is 6.22. The normalized spacial score (nSPS) is 14.1. The van der Waals surface area contributed by atoms with Crippen molar-refractivity contribution in [3.8, 4) is 0 Å². The molecule has 0 aromatic carbocycles. The third kappa shape index (κ3) is 2.32. The number of aromatic nitrogens is 1. The molecule has 0 amide bonds. The van der Waals surface area contributed by atoms with E-state index >= 15 is 0 Å². The van der Waals surface area contributed by atoms with Crippen molar-refractivity contribution in [2.45, 2.75) is 40.2 Å². The van der Waals surface area contributed by atoms with Crippen LogP contribution in [0.3, 0.4) is 0 Å². The van der Waals surface area contributed by atoms with Gasteiger partial charge in [0.25, 0.3) is 0 Å². The van der Waals surface area contributed by atoms with Gasteiger partial charge in [-0.1, -0.05) is 27.7 Å². The molecule has 0 aliphatic heterocycles. The van der Waals surface area contributed by atoms with E-state index in [1.807, 2.05) is 18.5 Å². The highest BCUT2D eigenvalue weighted by molar-refractivity contribution is 5.27. The van der Waals surface area contributed by atoms with Gasteiger partial charge in [0, 0.05) is 18.4 Å². The predicted molar refractivity (Wildman–Crippen MR) is 60.0 cm³/mol. The molecule has 1 unspecified atom stereocenters. The quantitative estimate of drug-likeness (QED) is 0.782. The average molecular weight is 192 g/mol. The summed E-state index contributed by atoms with van der Waals surface area (Å²) in [5, 5.41) is 0. The molecule has 0 radical (unpaired) electrons. The number of nitrogens with zero attached hydrogens (tertiary/aromatic N) is 1. The van der Waals surface area contributed by atoms with Gasteiger partial charge in [-0.15, -0.1) is 0 Å². The molecule has 1 heterocycles. The molecule has 2 nitrogen and oxygen atoms in total.